The van der Waals surface area contributed by atoms with Gasteiger partial charge < -0.3 is 10.5 Å². The second-order valence-corrected chi connectivity index (χ2v) is 3.55. The van der Waals surface area contributed by atoms with Crippen molar-refractivity contribution in [3.63, 3.8) is 0 Å². The summed E-state index contributed by atoms with van der Waals surface area (Å²) in [6.45, 7) is 0.701. The highest BCUT2D eigenvalue weighted by Gasteiger charge is 2.38. The van der Waals surface area contributed by atoms with Crippen LogP contribution in [0.4, 0.5) is 0 Å². The standard InChI is InChI=1S/C9H17NO2/c1-12-6-8(11)9(7-10)4-2-3-5-9/h2-7,10H2,1H3. The summed E-state index contributed by atoms with van der Waals surface area (Å²) in [7, 11) is 1.55. The van der Waals surface area contributed by atoms with Gasteiger partial charge in [0.1, 0.15) is 6.61 Å². The number of nitrogens with two attached hydrogens (primary N) is 1. The molecule has 0 aromatic carbocycles. The van der Waals surface area contributed by atoms with Crippen LogP contribution in [0, 0.1) is 5.41 Å². The molecule has 0 spiro atoms. The largest absolute Gasteiger partial charge is 0.377 e. The molecule has 12 heavy (non-hydrogen) atoms. The van der Waals surface area contributed by atoms with E-state index in [0.29, 0.717) is 6.54 Å². The van der Waals surface area contributed by atoms with Crippen molar-refractivity contribution in [3.8, 4) is 0 Å². The average Bonchev–Trinajstić information content (AvgIpc) is 2.54. The van der Waals surface area contributed by atoms with Gasteiger partial charge in [-0.3, -0.25) is 4.79 Å². The maximum Gasteiger partial charge on any atom is 0.165 e. The Morgan fingerprint density at radius 2 is 2.08 bits per heavy atom. The van der Waals surface area contributed by atoms with Crippen molar-refractivity contribution >= 4 is 5.78 Å². The Bertz CT molecular complexity index is 162. The number of carbonyl (C=O) groups is 1. The molecular weight excluding hydrogens is 154 g/mol. The molecule has 0 bridgehead atoms. The van der Waals surface area contributed by atoms with E-state index < -0.39 is 0 Å². The van der Waals surface area contributed by atoms with E-state index in [-0.39, 0.29) is 17.8 Å². The third kappa shape index (κ3) is 1.67. The minimum absolute atomic E-state index is 0.185. The predicted octanol–water partition coefficient (Wildman–Crippen LogP) is 0.721. The van der Waals surface area contributed by atoms with Crippen molar-refractivity contribution in [3.05, 3.63) is 0 Å². The quantitative estimate of drug-likeness (QED) is 0.678. The van der Waals surface area contributed by atoms with Crippen LogP contribution in [0.5, 0.6) is 0 Å². The predicted molar refractivity (Wildman–Crippen MR) is 46.8 cm³/mol. The fourth-order valence-corrected chi connectivity index (χ4v) is 1.93. The molecule has 0 radical (unpaired) electrons. The lowest BCUT2D eigenvalue weighted by Gasteiger charge is -2.24. The van der Waals surface area contributed by atoms with E-state index >= 15 is 0 Å². The summed E-state index contributed by atoms with van der Waals surface area (Å²) in [5, 5.41) is 0. The van der Waals surface area contributed by atoms with Crippen LogP contribution in [0.3, 0.4) is 0 Å². The van der Waals surface area contributed by atoms with Crippen molar-refractivity contribution in [1.29, 1.82) is 0 Å². The zero-order valence-corrected chi connectivity index (χ0v) is 7.64. The Balaban J connectivity index is 2.59. The summed E-state index contributed by atoms with van der Waals surface area (Å²) in [4.78, 5) is 11.6. The summed E-state index contributed by atoms with van der Waals surface area (Å²) in [5.74, 6) is 0.185. The van der Waals surface area contributed by atoms with Crippen LogP contribution in [0.15, 0.2) is 0 Å². The van der Waals surface area contributed by atoms with Gasteiger partial charge >= 0.3 is 0 Å². The van der Waals surface area contributed by atoms with Crippen LogP contribution in [0.2, 0.25) is 0 Å². The molecule has 1 saturated carbocycles. The van der Waals surface area contributed by atoms with Crippen molar-refractivity contribution in [1.82, 2.24) is 0 Å². The molecule has 1 rings (SSSR count). The van der Waals surface area contributed by atoms with Gasteiger partial charge in [-0.2, -0.15) is 0 Å². The van der Waals surface area contributed by atoms with Gasteiger partial charge in [-0.1, -0.05) is 12.8 Å². The smallest absolute Gasteiger partial charge is 0.165 e. The van der Waals surface area contributed by atoms with Gasteiger partial charge in [-0.25, -0.2) is 0 Å². The number of rotatable bonds is 4. The van der Waals surface area contributed by atoms with Crippen molar-refractivity contribution in [2.75, 3.05) is 20.3 Å². The van der Waals surface area contributed by atoms with E-state index in [2.05, 4.69) is 0 Å². The number of hydrogen-bond acceptors (Lipinski definition) is 3. The third-order valence-electron chi connectivity index (χ3n) is 2.82. The van der Waals surface area contributed by atoms with Crippen LogP contribution in [0.1, 0.15) is 25.7 Å². The Kier molecular flexibility index (Phi) is 3.23. The van der Waals surface area contributed by atoms with Crippen LogP contribution >= 0.6 is 0 Å². The van der Waals surface area contributed by atoms with Crippen LogP contribution in [-0.4, -0.2) is 26.0 Å². The number of methoxy groups -OCH3 is 1. The fourth-order valence-electron chi connectivity index (χ4n) is 1.93. The lowest BCUT2D eigenvalue weighted by molar-refractivity contribution is -0.131. The summed E-state index contributed by atoms with van der Waals surface area (Å²) >= 11 is 0. The Labute approximate surface area is 73.3 Å². The van der Waals surface area contributed by atoms with Crippen molar-refractivity contribution in [2.24, 2.45) is 11.1 Å². The van der Waals surface area contributed by atoms with Gasteiger partial charge in [0.25, 0.3) is 0 Å². The van der Waals surface area contributed by atoms with E-state index in [1.54, 1.807) is 7.11 Å². The number of carbonyl (C=O) groups excluding carboxylic acids is 1. The Morgan fingerprint density at radius 3 is 2.50 bits per heavy atom. The molecule has 0 saturated heterocycles. The molecule has 2 N–H and O–H groups in total. The minimum atomic E-state index is -0.240. The van der Waals surface area contributed by atoms with Gasteiger partial charge in [0, 0.05) is 19.1 Å². The van der Waals surface area contributed by atoms with E-state index in [9.17, 15) is 4.79 Å². The minimum Gasteiger partial charge on any atom is -0.377 e. The van der Waals surface area contributed by atoms with Gasteiger partial charge in [0.2, 0.25) is 0 Å². The zero-order chi connectivity index (χ0) is 9.03. The SMILES string of the molecule is COCC(=O)C1(CN)CCCC1. The molecule has 0 aliphatic heterocycles. The second-order valence-electron chi connectivity index (χ2n) is 3.55. The molecule has 0 aromatic heterocycles. The van der Waals surface area contributed by atoms with Gasteiger partial charge in [0.15, 0.2) is 5.78 Å². The molecule has 70 valence electrons. The topological polar surface area (TPSA) is 52.3 Å². The summed E-state index contributed by atoms with van der Waals surface area (Å²) in [6.07, 6.45) is 4.16. The summed E-state index contributed by atoms with van der Waals surface area (Å²) < 4.78 is 4.84. The second kappa shape index (κ2) is 4.01. The lowest BCUT2D eigenvalue weighted by Crippen LogP contribution is -2.38. The first-order valence-electron chi connectivity index (χ1n) is 4.47. The molecule has 0 atom stereocenters. The molecule has 1 aliphatic rings. The van der Waals surface area contributed by atoms with Crippen molar-refractivity contribution in [2.45, 2.75) is 25.7 Å². The maximum absolute atomic E-state index is 11.6. The molecule has 0 heterocycles. The van der Waals surface area contributed by atoms with E-state index in [1.807, 2.05) is 0 Å². The highest BCUT2D eigenvalue weighted by Crippen LogP contribution is 2.37. The van der Waals surface area contributed by atoms with Crippen LogP contribution in [0.25, 0.3) is 0 Å². The van der Waals surface area contributed by atoms with E-state index in [0.717, 1.165) is 25.7 Å². The Morgan fingerprint density at radius 1 is 1.50 bits per heavy atom. The first-order valence-corrected chi connectivity index (χ1v) is 4.47. The Hall–Kier alpha value is -0.410. The van der Waals surface area contributed by atoms with Crippen LogP contribution in [-0.2, 0) is 9.53 Å². The van der Waals surface area contributed by atoms with Gasteiger partial charge in [0.05, 0.1) is 0 Å². The summed E-state index contributed by atoms with van der Waals surface area (Å²) in [5.41, 5.74) is 5.38. The zero-order valence-electron chi connectivity index (χ0n) is 7.64. The van der Waals surface area contributed by atoms with Gasteiger partial charge in [-0.15, -0.1) is 0 Å². The van der Waals surface area contributed by atoms with Crippen LogP contribution < -0.4 is 5.73 Å². The molecule has 1 aliphatic carbocycles. The first-order chi connectivity index (χ1) is 5.75. The monoisotopic (exact) mass is 171 g/mol. The number of Topliss-reactive ketones (excluding diaryl/α,β-unsaturated/α-hetero) is 1. The van der Waals surface area contributed by atoms with E-state index in [1.165, 1.54) is 0 Å². The van der Waals surface area contributed by atoms with E-state index in [4.69, 9.17) is 10.5 Å². The molecule has 3 nitrogen and oxygen atoms in total. The maximum atomic E-state index is 11.6. The molecule has 3 heteroatoms. The molecule has 0 amide bonds. The molecule has 0 unspecified atom stereocenters. The average molecular weight is 171 g/mol. The van der Waals surface area contributed by atoms with Gasteiger partial charge in [-0.05, 0) is 12.8 Å². The normalized spacial score (nSPS) is 21.2. The first kappa shape index (κ1) is 9.68. The highest BCUT2D eigenvalue weighted by molar-refractivity contribution is 5.86. The fraction of sp³-hybridized carbons (Fsp3) is 0.889. The highest BCUT2D eigenvalue weighted by atomic mass is 16.5. The number of ether oxygens (including phenoxy) is 1. The summed E-state index contributed by atoms with van der Waals surface area (Å²) in [6, 6.07) is 0. The molecular formula is C9H17NO2. The molecule has 0 aromatic rings. The molecule has 1 fully saturated rings. The number of hydrogen-bond donors (Lipinski definition) is 1. The number of ketones is 1. The van der Waals surface area contributed by atoms with Crippen molar-refractivity contribution < 1.29 is 9.53 Å². The third-order valence-corrected chi connectivity index (χ3v) is 2.82. The lowest BCUT2D eigenvalue weighted by atomic mass is 9.82.